The number of thiazole rings is 1. The fraction of sp³-hybridized carbons (Fsp3) is 0.471. The number of likely N-dealkylation sites (tertiary alicyclic amines) is 1. The molecule has 1 aliphatic heterocycles. The molecule has 2 aromatic rings. The molecule has 3 heterocycles. The van der Waals surface area contributed by atoms with Gasteiger partial charge in [-0.05, 0) is 52.2 Å². The van der Waals surface area contributed by atoms with Crippen molar-refractivity contribution in [2.24, 2.45) is 0 Å². The molecule has 3 rings (SSSR count). The zero-order chi connectivity index (χ0) is 15.7. The van der Waals surface area contributed by atoms with E-state index in [1.165, 1.54) is 17.8 Å². The minimum Gasteiger partial charge on any atom is -0.332 e. The highest BCUT2D eigenvalue weighted by Gasteiger charge is 2.31. The fourth-order valence-corrected chi connectivity index (χ4v) is 4.12. The van der Waals surface area contributed by atoms with Crippen LogP contribution in [0.25, 0.3) is 10.7 Å². The molecule has 1 fully saturated rings. The van der Waals surface area contributed by atoms with Gasteiger partial charge in [-0.3, -0.25) is 9.78 Å². The van der Waals surface area contributed by atoms with Gasteiger partial charge in [0.1, 0.15) is 9.88 Å². The maximum atomic E-state index is 13.0. The molecular weight excluding hydrogens is 294 g/mol. The van der Waals surface area contributed by atoms with Gasteiger partial charge in [-0.25, -0.2) is 4.98 Å². The van der Waals surface area contributed by atoms with Gasteiger partial charge in [0.2, 0.25) is 0 Å². The summed E-state index contributed by atoms with van der Waals surface area (Å²) in [5, 5.41) is 0.818. The average Bonchev–Trinajstić information content (AvgIpc) is 2.90. The third kappa shape index (κ3) is 2.77. The van der Waals surface area contributed by atoms with Crippen LogP contribution in [-0.2, 0) is 0 Å². The van der Waals surface area contributed by atoms with E-state index in [1.54, 1.807) is 6.20 Å². The summed E-state index contributed by atoms with van der Waals surface area (Å²) in [7, 11) is 0. The third-order valence-corrected chi connectivity index (χ3v) is 5.47. The molecular formula is C17H21N3OS. The molecule has 0 radical (unpaired) electrons. The fourth-order valence-electron chi connectivity index (χ4n) is 3.13. The predicted molar refractivity (Wildman–Crippen MR) is 89.0 cm³/mol. The quantitative estimate of drug-likeness (QED) is 0.844. The van der Waals surface area contributed by atoms with Crippen LogP contribution in [0, 0.1) is 6.92 Å². The largest absolute Gasteiger partial charge is 0.332 e. The molecule has 0 aliphatic carbocycles. The molecule has 1 amide bonds. The lowest BCUT2D eigenvalue weighted by Gasteiger charge is -2.38. The maximum absolute atomic E-state index is 13.0. The molecule has 0 N–H and O–H groups in total. The minimum absolute atomic E-state index is 0.122. The Morgan fingerprint density at radius 2 is 2.00 bits per heavy atom. The van der Waals surface area contributed by atoms with Crippen LogP contribution in [0.2, 0.25) is 0 Å². The van der Waals surface area contributed by atoms with Crippen LogP contribution >= 0.6 is 11.3 Å². The summed E-state index contributed by atoms with van der Waals surface area (Å²) in [6, 6.07) is 6.35. The van der Waals surface area contributed by atoms with E-state index in [-0.39, 0.29) is 5.91 Å². The van der Waals surface area contributed by atoms with Crippen molar-refractivity contribution in [3.63, 3.8) is 0 Å². The first-order valence-electron chi connectivity index (χ1n) is 7.79. The van der Waals surface area contributed by atoms with Gasteiger partial charge in [-0.15, -0.1) is 11.3 Å². The monoisotopic (exact) mass is 315 g/mol. The Morgan fingerprint density at radius 3 is 2.64 bits per heavy atom. The van der Waals surface area contributed by atoms with Crippen molar-refractivity contribution >= 4 is 17.2 Å². The van der Waals surface area contributed by atoms with Crippen molar-refractivity contribution < 1.29 is 4.79 Å². The van der Waals surface area contributed by atoms with Crippen molar-refractivity contribution in [2.75, 3.05) is 0 Å². The number of amides is 1. The van der Waals surface area contributed by atoms with Crippen LogP contribution in [0.15, 0.2) is 24.4 Å². The Labute approximate surface area is 135 Å². The molecule has 0 aromatic carbocycles. The number of pyridine rings is 1. The van der Waals surface area contributed by atoms with E-state index in [9.17, 15) is 4.79 Å². The topological polar surface area (TPSA) is 46.1 Å². The maximum Gasteiger partial charge on any atom is 0.266 e. The van der Waals surface area contributed by atoms with E-state index in [4.69, 9.17) is 0 Å². The summed E-state index contributed by atoms with van der Waals surface area (Å²) in [5.41, 5.74) is 1.63. The lowest BCUT2D eigenvalue weighted by molar-refractivity contribution is 0.0515. The molecule has 0 spiro atoms. The molecule has 116 valence electrons. The number of carbonyl (C=O) groups is 1. The zero-order valence-corrected chi connectivity index (χ0v) is 14.1. The highest BCUT2D eigenvalue weighted by Crippen LogP contribution is 2.31. The minimum atomic E-state index is 0.122. The lowest BCUT2D eigenvalue weighted by atomic mass is 9.97. The number of carbonyl (C=O) groups excluding carboxylic acids is 1. The summed E-state index contributed by atoms with van der Waals surface area (Å²) >= 11 is 1.45. The molecule has 1 aliphatic rings. The molecule has 2 atom stereocenters. The Bertz CT molecular complexity index is 658. The second-order valence-electron chi connectivity index (χ2n) is 5.99. The highest BCUT2D eigenvalue weighted by atomic mass is 32.1. The average molecular weight is 315 g/mol. The molecule has 4 nitrogen and oxygen atoms in total. The number of aryl methyl sites for hydroxylation is 1. The molecule has 0 saturated carbocycles. The molecule has 1 saturated heterocycles. The Balaban J connectivity index is 1.92. The molecule has 22 heavy (non-hydrogen) atoms. The van der Waals surface area contributed by atoms with E-state index in [1.807, 2.05) is 30.0 Å². The van der Waals surface area contributed by atoms with Crippen molar-refractivity contribution in [2.45, 2.75) is 52.1 Å². The number of rotatable bonds is 2. The van der Waals surface area contributed by atoms with Gasteiger partial charge >= 0.3 is 0 Å². The van der Waals surface area contributed by atoms with Gasteiger partial charge in [0.15, 0.2) is 0 Å². The van der Waals surface area contributed by atoms with Gasteiger partial charge in [-0.1, -0.05) is 6.07 Å². The number of aromatic nitrogens is 2. The van der Waals surface area contributed by atoms with E-state index in [2.05, 4.69) is 23.8 Å². The SMILES string of the molecule is Cc1nc(-c2ccccn2)sc1C(=O)N1[C@@H](C)CCC[C@@H]1C. The van der Waals surface area contributed by atoms with Crippen LogP contribution in [-0.4, -0.2) is 32.9 Å². The highest BCUT2D eigenvalue weighted by molar-refractivity contribution is 7.17. The first kappa shape index (κ1) is 15.2. The predicted octanol–water partition coefficient (Wildman–Crippen LogP) is 3.92. The van der Waals surface area contributed by atoms with Gasteiger partial charge in [-0.2, -0.15) is 0 Å². The second kappa shape index (κ2) is 6.16. The summed E-state index contributed by atoms with van der Waals surface area (Å²) < 4.78 is 0. The number of hydrogen-bond acceptors (Lipinski definition) is 4. The number of piperidine rings is 1. The number of nitrogens with zero attached hydrogens (tertiary/aromatic N) is 3. The number of hydrogen-bond donors (Lipinski definition) is 0. The summed E-state index contributed by atoms with van der Waals surface area (Å²) in [5.74, 6) is 0.122. The van der Waals surface area contributed by atoms with Crippen molar-refractivity contribution in [3.05, 3.63) is 35.0 Å². The van der Waals surface area contributed by atoms with E-state index >= 15 is 0 Å². The van der Waals surface area contributed by atoms with Crippen molar-refractivity contribution in [1.82, 2.24) is 14.9 Å². The van der Waals surface area contributed by atoms with E-state index < -0.39 is 0 Å². The molecule has 0 bridgehead atoms. The van der Waals surface area contributed by atoms with Crippen molar-refractivity contribution in [1.29, 1.82) is 0 Å². The standard InChI is InChI=1S/C17H21N3OS/c1-11-7-6-8-12(2)20(11)17(21)15-13(3)19-16(22-15)14-9-4-5-10-18-14/h4-5,9-12H,6-8H2,1-3H3/t11-,12-/m0/s1. The summed E-state index contributed by atoms with van der Waals surface area (Å²) in [6.45, 7) is 6.20. The third-order valence-electron chi connectivity index (χ3n) is 4.30. The molecule has 5 heteroatoms. The first-order valence-corrected chi connectivity index (χ1v) is 8.61. The van der Waals surface area contributed by atoms with Crippen molar-refractivity contribution in [3.8, 4) is 10.7 Å². The summed E-state index contributed by atoms with van der Waals surface area (Å²) in [6.07, 6.45) is 5.12. The second-order valence-corrected chi connectivity index (χ2v) is 6.99. The smallest absolute Gasteiger partial charge is 0.266 e. The van der Waals surface area contributed by atoms with E-state index in [0.29, 0.717) is 12.1 Å². The van der Waals surface area contributed by atoms with Gasteiger partial charge in [0.05, 0.1) is 11.4 Å². The zero-order valence-electron chi connectivity index (χ0n) is 13.2. The first-order chi connectivity index (χ1) is 10.6. The normalized spacial score (nSPS) is 21.9. The van der Waals surface area contributed by atoms with Gasteiger partial charge < -0.3 is 4.90 Å². The van der Waals surface area contributed by atoms with E-state index in [0.717, 1.165) is 34.1 Å². The van der Waals surface area contributed by atoms with Gasteiger partial charge in [0, 0.05) is 18.3 Å². The summed E-state index contributed by atoms with van der Waals surface area (Å²) in [4.78, 5) is 24.6. The Hall–Kier alpha value is -1.75. The van der Waals surface area contributed by atoms with Crippen LogP contribution in [0.4, 0.5) is 0 Å². The van der Waals surface area contributed by atoms with Crippen LogP contribution in [0.5, 0.6) is 0 Å². The molecule has 2 aromatic heterocycles. The molecule has 0 unspecified atom stereocenters. The van der Waals surface area contributed by atoms with Crippen LogP contribution in [0.3, 0.4) is 0 Å². The van der Waals surface area contributed by atoms with Gasteiger partial charge in [0.25, 0.3) is 5.91 Å². The Kier molecular flexibility index (Phi) is 4.25. The van der Waals surface area contributed by atoms with Crippen LogP contribution in [0.1, 0.15) is 48.5 Å². The van der Waals surface area contributed by atoms with Crippen LogP contribution < -0.4 is 0 Å². The Morgan fingerprint density at radius 1 is 1.27 bits per heavy atom. The lowest BCUT2D eigenvalue weighted by Crippen LogP contribution is -2.47.